The monoisotopic (exact) mass is 271 g/mol. The summed E-state index contributed by atoms with van der Waals surface area (Å²) in [6, 6.07) is 1.97. The van der Waals surface area contributed by atoms with Crippen LogP contribution in [0, 0.1) is 0 Å². The van der Waals surface area contributed by atoms with Crippen LogP contribution in [0.25, 0.3) is 5.65 Å². The van der Waals surface area contributed by atoms with E-state index in [0.29, 0.717) is 18.2 Å². The van der Waals surface area contributed by atoms with E-state index < -0.39 is 5.97 Å². The van der Waals surface area contributed by atoms with Crippen molar-refractivity contribution < 1.29 is 45.6 Å². The van der Waals surface area contributed by atoms with Gasteiger partial charge >= 0.3 is 35.5 Å². The molecule has 0 unspecified atom stereocenters. The summed E-state index contributed by atoms with van der Waals surface area (Å²) in [4.78, 5) is 19.4. The first-order chi connectivity index (χ1) is 8.70. The Hall–Kier alpha value is -0.950. The molecule has 2 aromatic heterocycles. The minimum atomic E-state index is -1.05. The van der Waals surface area contributed by atoms with Crippen LogP contribution in [0.1, 0.15) is 42.1 Å². The Balaban J connectivity index is 0.000001000. The second-order valence-corrected chi connectivity index (χ2v) is 4.47. The molecule has 96 valence electrons. The molecule has 7 heteroatoms. The van der Waals surface area contributed by atoms with E-state index in [0.717, 1.165) is 24.2 Å². The minimum absolute atomic E-state index is 0. The molecule has 2 heterocycles. The van der Waals surface area contributed by atoms with Gasteiger partial charge in [0.25, 0.3) is 0 Å². The Morgan fingerprint density at radius 3 is 2.95 bits per heavy atom. The summed E-state index contributed by atoms with van der Waals surface area (Å²) in [5, 5.41) is 9.09. The van der Waals surface area contributed by atoms with E-state index in [1.807, 2.05) is 6.07 Å². The van der Waals surface area contributed by atoms with E-state index in [4.69, 9.17) is 9.84 Å². The maximum atomic E-state index is 11.1. The molecule has 0 atom stereocenters. The number of aromatic nitrogens is 3. The van der Waals surface area contributed by atoms with Crippen molar-refractivity contribution in [1.29, 1.82) is 0 Å². The second-order valence-electron chi connectivity index (χ2n) is 4.47. The molecule has 0 spiro atoms. The van der Waals surface area contributed by atoms with E-state index in [1.54, 1.807) is 11.5 Å². The number of nitrogens with zero attached hydrogens (tertiary/aromatic N) is 3. The summed E-state index contributed by atoms with van der Waals surface area (Å²) in [6.45, 7) is 0.411. The van der Waals surface area contributed by atoms with Crippen LogP contribution in [0.2, 0.25) is 0 Å². The van der Waals surface area contributed by atoms with Crippen LogP contribution in [0.4, 0.5) is 0 Å². The van der Waals surface area contributed by atoms with E-state index in [9.17, 15) is 4.79 Å². The molecule has 1 fully saturated rings. The van der Waals surface area contributed by atoms with Gasteiger partial charge in [-0.15, -0.1) is 0 Å². The summed E-state index contributed by atoms with van der Waals surface area (Å²) >= 11 is 0. The zero-order valence-corrected chi connectivity index (χ0v) is 13.0. The number of fused-ring (bicyclic) bond motifs is 1. The Morgan fingerprint density at radius 1 is 1.63 bits per heavy atom. The number of hydrogen-bond donors (Lipinski definition) is 1. The van der Waals surface area contributed by atoms with Crippen molar-refractivity contribution in [2.75, 3.05) is 7.11 Å². The number of carboxylic acid groups (broad SMARTS) is 1. The average Bonchev–Trinajstić information content (AvgIpc) is 3.09. The number of hydrogen-bond acceptors (Lipinski definition) is 4. The molecular weight excluding hydrogens is 257 g/mol. The van der Waals surface area contributed by atoms with Crippen LogP contribution in [-0.2, 0) is 11.3 Å². The van der Waals surface area contributed by atoms with Crippen LogP contribution in [0.3, 0.4) is 0 Å². The molecule has 0 aliphatic heterocycles. The number of aromatic carboxylic acids is 1. The molecular formula is C12H14N3NaO3. The normalized spacial score (nSPS) is 14.4. The van der Waals surface area contributed by atoms with Gasteiger partial charge in [-0.25, -0.2) is 14.8 Å². The first-order valence-electron chi connectivity index (χ1n) is 5.80. The number of methoxy groups -OCH3 is 1. The Labute approximate surface area is 133 Å². The van der Waals surface area contributed by atoms with E-state index in [-0.39, 0.29) is 36.7 Å². The molecule has 1 saturated carbocycles. The fourth-order valence-electron chi connectivity index (χ4n) is 2.05. The van der Waals surface area contributed by atoms with Gasteiger partial charge in [-0.2, -0.15) is 0 Å². The molecule has 6 nitrogen and oxygen atoms in total. The summed E-state index contributed by atoms with van der Waals surface area (Å²) < 4.78 is 6.82. The van der Waals surface area contributed by atoms with Crippen molar-refractivity contribution >= 4 is 11.6 Å². The number of ether oxygens (including phenoxy) is 1. The fraction of sp³-hybridized carbons (Fsp3) is 0.417. The van der Waals surface area contributed by atoms with Crippen LogP contribution >= 0.6 is 0 Å². The van der Waals surface area contributed by atoms with Gasteiger partial charge < -0.3 is 11.3 Å². The summed E-state index contributed by atoms with van der Waals surface area (Å²) in [7, 11) is 1.61. The van der Waals surface area contributed by atoms with Gasteiger partial charge in [0.1, 0.15) is 6.33 Å². The minimum Gasteiger partial charge on any atom is -1.00 e. The maximum absolute atomic E-state index is 11.1. The zero-order chi connectivity index (χ0) is 12.7. The SMILES string of the molecule is COCc1cc(C2CC2)nc2c(C(=O)O)ncn12.[H-].[Na+]. The van der Waals surface area contributed by atoms with Gasteiger partial charge in [0.2, 0.25) is 0 Å². The first-order valence-corrected chi connectivity index (χ1v) is 5.80. The van der Waals surface area contributed by atoms with Crippen molar-refractivity contribution in [2.45, 2.75) is 25.4 Å². The van der Waals surface area contributed by atoms with Crippen LogP contribution in [-0.4, -0.2) is 32.6 Å². The third-order valence-electron chi connectivity index (χ3n) is 3.09. The third kappa shape index (κ3) is 2.67. The molecule has 19 heavy (non-hydrogen) atoms. The van der Waals surface area contributed by atoms with Crippen molar-refractivity contribution in [2.24, 2.45) is 0 Å². The van der Waals surface area contributed by atoms with Crippen molar-refractivity contribution in [3.8, 4) is 0 Å². The molecule has 0 saturated heterocycles. The number of imidazole rings is 1. The first kappa shape index (κ1) is 14.5. The molecule has 0 bridgehead atoms. The molecule has 2 aromatic rings. The Kier molecular flexibility index (Phi) is 4.25. The predicted octanol–water partition coefficient (Wildman–Crippen LogP) is -1.43. The zero-order valence-electron chi connectivity index (χ0n) is 12.0. The second kappa shape index (κ2) is 5.58. The van der Waals surface area contributed by atoms with Crippen LogP contribution < -0.4 is 29.6 Å². The van der Waals surface area contributed by atoms with Crippen molar-refractivity contribution in [3.05, 3.63) is 29.5 Å². The standard InChI is InChI=1S/C12H13N3O3.Na.H/c1-18-5-8-4-9(7-2-3-7)14-11-10(12(16)17)13-6-15(8)11;;/h4,6-7H,2-3,5H2,1H3,(H,16,17);;/q;+1;-1. The van der Waals surface area contributed by atoms with E-state index >= 15 is 0 Å². The summed E-state index contributed by atoms with van der Waals surface area (Å²) in [5.41, 5.74) is 2.22. The molecule has 3 rings (SSSR count). The van der Waals surface area contributed by atoms with Gasteiger partial charge in [0.15, 0.2) is 11.3 Å². The molecule has 1 aliphatic rings. The third-order valence-corrected chi connectivity index (χ3v) is 3.09. The van der Waals surface area contributed by atoms with Gasteiger partial charge in [-0.1, -0.05) is 0 Å². The smallest absolute Gasteiger partial charge is 1.00 e. The Morgan fingerprint density at radius 2 is 2.37 bits per heavy atom. The van der Waals surface area contributed by atoms with Crippen molar-refractivity contribution in [3.63, 3.8) is 0 Å². The van der Waals surface area contributed by atoms with Gasteiger partial charge in [0, 0.05) is 18.7 Å². The largest absolute Gasteiger partial charge is 1.00 e. The van der Waals surface area contributed by atoms with Gasteiger partial charge in [0.05, 0.1) is 12.3 Å². The predicted molar refractivity (Wildman–Crippen MR) is 63.7 cm³/mol. The summed E-state index contributed by atoms with van der Waals surface area (Å²) in [6.07, 6.45) is 3.72. The van der Waals surface area contributed by atoms with Gasteiger partial charge in [-0.05, 0) is 18.9 Å². The molecule has 1 aliphatic carbocycles. The van der Waals surface area contributed by atoms with Crippen LogP contribution in [0.5, 0.6) is 0 Å². The number of rotatable bonds is 4. The maximum Gasteiger partial charge on any atom is 1.00 e. The molecule has 0 radical (unpaired) electrons. The Bertz CT molecular complexity index is 628. The quantitative estimate of drug-likeness (QED) is 0.690. The van der Waals surface area contributed by atoms with E-state index in [2.05, 4.69) is 9.97 Å². The molecule has 0 amide bonds. The van der Waals surface area contributed by atoms with E-state index in [1.165, 1.54) is 6.33 Å². The fourth-order valence-corrected chi connectivity index (χ4v) is 2.05. The van der Waals surface area contributed by atoms with Crippen LogP contribution in [0.15, 0.2) is 12.4 Å². The summed E-state index contributed by atoms with van der Waals surface area (Å²) in [5.74, 6) is -0.594. The number of carbonyl (C=O) groups is 1. The average molecular weight is 271 g/mol. The molecule has 0 aromatic carbocycles. The topological polar surface area (TPSA) is 76.7 Å². The molecule has 1 N–H and O–H groups in total. The van der Waals surface area contributed by atoms with Crippen molar-refractivity contribution in [1.82, 2.24) is 14.4 Å². The van der Waals surface area contributed by atoms with Gasteiger partial charge in [-0.3, -0.25) is 4.40 Å². The number of carboxylic acids is 1.